The van der Waals surface area contributed by atoms with E-state index in [9.17, 15) is 0 Å². The van der Waals surface area contributed by atoms with Gasteiger partial charge in [0.05, 0.1) is 6.10 Å². The van der Waals surface area contributed by atoms with E-state index in [1.54, 1.807) is 0 Å². The van der Waals surface area contributed by atoms with Gasteiger partial charge in [-0.1, -0.05) is 6.08 Å². The maximum absolute atomic E-state index is 8.99. The van der Waals surface area contributed by atoms with Gasteiger partial charge in [-0.05, 0) is 39.7 Å². The van der Waals surface area contributed by atoms with Crippen molar-refractivity contribution in [2.24, 2.45) is 0 Å². The highest BCUT2D eigenvalue weighted by Crippen LogP contribution is 1.97. The van der Waals surface area contributed by atoms with Gasteiger partial charge in [-0.25, -0.2) is 0 Å². The molecule has 2 nitrogen and oxygen atoms in total. The summed E-state index contributed by atoms with van der Waals surface area (Å²) >= 11 is 0. The summed E-state index contributed by atoms with van der Waals surface area (Å²) in [6.45, 7) is 8.55. The maximum atomic E-state index is 8.99. The predicted molar refractivity (Wildman–Crippen MR) is 53.2 cm³/mol. The first-order valence-corrected chi connectivity index (χ1v) is 4.69. The largest absolute Gasteiger partial charge is 0.393 e. The minimum absolute atomic E-state index is 0.191. The average Bonchev–Trinajstić information content (AvgIpc) is 2.00. The lowest BCUT2D eigenvalue weighted by atomic mass is 10.2. The number of hydrogen-bond donors (Lipinski definition) is 2. The van der Waals surface area contributed by atoms with Crippen LogP contribution in [0.2, 0.25) is 0 Å². The van der Waals surface area contributed by atoms with Gasteiger partial charge in [-0.15, -0.1) is 6.58 Å². The molecule has 0 spiro atoms. The van der Waals surface area contributed by atoms with Gasteiger partial charge in [0.1, 0.15) is 0 Å². The van der Waals surface area contributed by atoms with Crippen LogP contribution in [-0.2, 0) is 0 Å². The smallest absolute Gasteiger partial charge is 0.0524 e. The van der Waals surface area contributed by atoms with Crippen LogP contribution < -0.4 is 5.32 Å². The van der Waals surface area contributed by atoms with E-state index >= 15 is 0 Å². The van der Waals surface area contributed by atoms with Crippen molar-refractivity contribution < 1.29 is 5.11 Å². The Hall–Kier alpha value is -0.340. The van der Waals surface area contributed by atoms with Crippen molar-refractivity contribution in [2.75, 3.05) is 6.54 Å². The Morgan fingerprint density at radius 2 is 2.08 bits per heavy atom. The van der Waals surface area contributed by atoms with Gasteiger partial charge < -0.3 is 10.4 Å². The predicted octanol–water partition coefficient (Wildman–Crippen LogP) is 1.70. The molecular weight excluding hydrogens is 150 g/mol. The highest BCUT2D eigenvalue weighted by atomic mass is 16.3. The summed E-state index contributed by atoms with van der Waals surface area (Å²) in [5.41, 5.74) is 0. The second-order valence-electron chi connectivity index (χ2n) is 3.36. The number of nitrogens with one attached hydrogen (secondary N) is 1. The van der Waals surface area contributed by atoms with Crippen molar-refractivity contribution in [1.82, 2.24) is 5.32 Å². The number of allylic oxidation sites excluding steroid dienone is 1. The number of rotatable bonds is 7. The topological polar surface area (TPSA) is 32.3 Å². The molecule has 0 fully saturated rings. The zero-order chi connectivity index (χ0) is 9.40. The molecule has 0 aromatic carbocycles. The van der Waals surface area contributed by atoms with Crippen LogP contribution in [0.15, 0.2) is 12.7 Å². The van der Waals surface area contributed by atoms with Gasteiger partial charge in [0.2, 0.25) is 0 Å². The summed E-state index contributed by atoms with van der Waals surface area (Å²) in [5.74, 6) is 0. The van der Waals surface area contributed by atoms with E-state index in [-0.39, 0.29) is 6.10 Å². The lowest BCUT2D eigenvalue weighted by Crippen LogP contribution is -2.28. The third kappa shape index (κ3) is 7.76. The van der Waals surface area contributed by atoms with E-state index in [1.165, 1.54) is 0 Å². The lowest BCUT2D eigenvalue weighted by Gasteiger charge is -2.13. The van der Waals surface area contributed by atoms with Crippen LogP contribution >= 0.6 is 0 Å². The monoisotopic (exact) mass is 171 g/mol. The third-order valence-corrected chi connectivity index (χ3v) is 1.86. The van der Waals surface area contributed by atoms with Crippen molar-refractivity contribution >= 4 is 0 Å². The van der Waals surface area contributed by atoms with Crippen LogP contribution in [0, 0.1) is 0 Å². The zero-order valence-electron chi connectivity index (χ0n) is 8.21. The summed E-state index contributed by atoms with van der Waals surface area (Å²) in [6, 6.07) is 0.529. The van der Waals surface area contributed by atoms with Gasteiger partial charge >= 0.3 is 0 Å². The van der Waals surface area contributed by atoms with Crippen LogP contribution in [0.4, 0.5) is 0 Å². The van der Waals surface area contributed by atoms with Crippen LogP contribution in [0.5, 0.6) is 0 Å². The van der Waals surface area contributed by atoms with E-state index in [0.29, 0.717) is 6.04 Å². The molecule has 12 heavy (non-hydrogen) atoms. The molecule has 2 heteroatoms. The SMILES string of the molecule is C=CCCC(C)NCCC(C)O. The lowest BCUT2D eigenvalue weighted by molar-refractivity contribution is 0.182. The molecule has 0 saturated carbocycles. The van der Waals surface area contributed by atoms with E-state index in [0.717, 1.165) is 25.8 Å². The normalized spacial score (nSPS) is 15.6. The molecule has 0 aromatic rings. The molecule has 0 rings (SSSR count). The molecule has 2 atom stereocenters. The Morgan fingerprint density at radius 1 is 1.42 bits per heavy atom. The minimum atomic E-state index is -0.191. The van der Waals surface area contributed by atoms with E-state index in [4.69, 9.17) is 5.11 Å². The molecule has 0 aliphatic rings. The Labute approximate surface area is 75.7 Å². The number of aliphatic hydroxyl groups is 1. The molecule has 0 aliphatic heterocycles. The maximum Gasteiger partial charge on any atom is 0.0524 e. The first kappa shape index (κ1) is 11.7. The van der Waals surface area contributed by atoms with Crippen LogP contribution in [0.1, 0.15) is 33.1 Å². The highest BCUT2D eigenvalue weighted by Gasteiger charge is 2.00. The Kier molecular flexibility index (Phi) is 7.11. The molecule has 0 heterocycles. The summed E-state index contributed by atoms with van der Waals surface area (Å²) in [5, 5.41) is 12.3. The Bertz CT molecular complexity index is 112. The first-order chi connectivity index (χ1) is 5.66. The molecule has 2 unspecified atom stereocenters. The third-order valence-electron chi connectivity index (χ3n) is 1.86. The average molecular weight is 171 g/mol. The van der Waals surface area contributed by atoms with Crippen molar-refractivity contribution in [3.05, 3.63) is 12.7 Å². The fourth-order valence-electron chi connectivity index (χ4n) is 1.01. The zero-order valence-corrected chi connectivity index (χ0v) is 8.21. The van der Waals surface area contributed by atoms with E-state index in [2.05, 4.69) is 18.8 Å². The van der Waals surface area contributed by atoms with E-state index < -0.39 is 0 Å². The molecule has 2 N–H and O–H groups in total. The second kappa shape index (κ2) is 7.32. The molecular formula is C10H21NO. The summed E-state index contributed by atoms with van der Waals surface area (Å²) in [4.78, 5) is 0. The van der Waals surface area contributed by atoms with Crippen molar-refractivity contribution in [3.63, 3.8) is 0 Å². The minimum Gasteiger partial charge on any atom is -0.393 e. The molecule has 0 aliphatic carbocycles. The van der Waals surface area contributed by atoms with Gasteiger partial charge in [0.25, 0.3) is 0 Å². The molecule has 0 amide bonds. The summed E-state index contributed by atoms with van der Waals surface area (Å²) in [7, 11) is 0. The molecule has 0 aromatic heterocycles. The van der Waals surface area contributed by atoms with Crippen molar-refractivity contribution in [2.45, 2.75) is 45.3 Å². The van der Waals surface area contributed by atoms with Crippen molar-refractivity contribution in [3.8, 4) is 0 Å². The van der Waals surface area contributed by atoms with Crippen LogP contribution in [-0.4, -0.2) is 23.8 Å². The summed E-state index contributed by atoms with van der Waals surface area (Å²) < 4.78 is 0. The number of hydrogen-bond acceptors (Lipinski definition) is 2. The molecule has 72 valence electrons. The fourth-order valence-corrected chi connectivity index (χ4v) is 1.01. The van der Waals surface area contributed by atoms with Gasteiger partial charge in [-0.3, -0.25) is 0 Å². The number of aliphatic hydroxyl groups excluding tert-OH is 1. The van der Waals surface area contributed by atoms with Crippen LogP contribution in [0.3, 0.4) is 0 Å². The standard InChI is InChI=1S/C10H21NO/c1-4-5-6-9(2)11-8-7-10(3)12/h4,9-12H,1,5-8H2,2-3H3. The van der Waals surface area contributed by atoms with Crippen LogP contribution in [0.25, 0.3) is 0 Å². The van der Waals surface area contributed by atoms with Gasteiger partial charge in [0, 0.05) is 6.04 Å². The van der Waals surface area contributed by atoms with Gasteiger partial charge in [-0.2, -0.15) is 0 Å². The fraction of sp³-hybridized carbons (Fsp3) is 0.800. The molecule has 0 bridgehead atoms. The Morgan fingerprint density at radius 3 is 2.58 bits per heavy atom. The molecule has 0 saturated heterocycles. The second-order valence-corrected chi connectivity index (χ2v) is 3.36. The quantitative estimate of drug-likeness (QED) is 0.571. The van der Waals surface area contributed by atoms with Gasteiger partial charge in [0.15, 0.2) is 0 Å². The highest BCUT2D eigenvalue weighted by molar-refractivity contribution is 4.71. The van der Waals surface area contributed by atoms with Crippen molar-refractivity contribution in [1.29, 1.82) is 0 Å². The first-order valence-electron chi connectivity index (χ1n) is 4.69. The van der Waals surface area contributed by atoms with E-state index in [1.807, 2.05) is 13.0 Å². The Balaban J connectivity index is 3.18. The summed E-state index contributed by atoms with van der Waals surface area (Å²) in [6.07, 6.45) is 4.77. The molecule has 0 radical (unpaired) electrons.